The first kappa shape index (κ1) is 24.1. The van der Waals surface area contributed by atoms with Gasteiger partial charge in [-0.3, -0.25) is 9.80 Å². The van der Waals surface area contributed by atoms with Crippen LogP contribution in [0.2, 0.25) is 0 Å². The SMILES string of the molecule is C.C.CC(C)(C)N1CCCCC1.CC(C)(C)N1CCOCC1. The molecule has 0 bridgehead atoms. The normalized spacial score (nSPS) is 21.0. The number of rotatable bonds is 0. The first-order valence-corrected chi connectivity index (χ1v) is 8.29. The van der Waals surface area contributed by atoms with Crippen molar-refractivity contribution in [3.8, 4) is 0 Å². The van der Waals surface area contributed by atoms with Gasteiger partial charge in [-0.05, 0) is 67.5 Å². The second kappa shape index (κ2) is 10.6. The third-order valence-electron chi connectivity index (χ3n) is 4.26. The second-order valence-corrected chi connectivity index (χ2v) is 7.99. The Kier molecular flexibility index (Phi) is 11.6. The highest BCUT2D eigenvalue weighted by atomic mass is 16.5. The number of likely N-dealkylation sites (tertiary alicyclic amines) is 1. The summed E-state index contributed by atoms with van der Waals surface area (Å²) >= 11 is 0. The fraction of sp³-hybridized carbons (Fsp3) is 1.00. The van der Waals surface area contributed by atoms with Gasteiger partial charge in [-0.25, -0.2) is 0 Å². The molecule has 0 amide bonds. The van der Waals surface area contributed by atoms with Crippen LogP contribution in [0.25, 0.3) is 0 Å². The van der Waals surface area contributed by atoms with Crippen LogP contribution in [0.3, 0.4) is 0 Å². The summed E-state index contributed by atoms with van der Waals surface area (Å²) in [4.78, 5) is 5.03. The molecule has 0 spiro atoms. The van der Waals surface area contributed by atoms with Gasteiger partial charge in [0, 0.05) is 24.2 Å². The molecule has 0 unspecified atom stereocenters. The Morgan fingerprint density at radius 1 is 0.591 bits per heavy atom. The van der Waals surface area contributed by atoms with Crippen molar-refractivity contribution in [3.63, 3.8) is 0 Å². The van der Waals surface area contributed by atoms with Gasteiger partial charge in [0.05, 0.1) is 13.2 Å². The second-order valence-electron chi connectivity index (χ2n) is 7.99. The Hall–Kier alpha value is -0.120. The highest BCUT2D eigenvalue weighted by Gasteiger charge is 2.23. The third-order valence-corrected chi connectivity index (χ3v) is 4.26. The van der Waals surface area contributed by atoms with E-state index in [-0.39, 0.29) is 14.9 Å². The number of morpholine rings is 1. The van der Waals surface area contributed by atoms with Gasteiger partial charge >= 0.3 is 0 Å². The molecule has 2 saturated heterocycles. The van der Waals surface area contributed by atoms with Crippen LogP contribution in [0, 0.1) is 0 Å². The van der Waals surface area contributed by atoms with E-state index in [4.69, 9.17) is 4.74 Å². The number of hydrogen-bond donors (Lipinski definition) is 0. The van der Waals surface area contributed by atoms with Gasteiger partial charge in [-0.2, -0.15) is 0 Å². The van der Waals surface area contributed by atoms with E-state index in [1.807, 2.05) is 0 Å². The fourth-order valence-electron chi connectivity index (χ4n) is 2.80. The van der Waals surface area contributed by atoms with Crippen LogP contribution < -0.4 is 0 Å². The van der Waals surface area contributed by atoms with Gasteiger partial charge in [-0.1, -0.05) is 21.3 Å². The number of nitrogens with zero attached hydrogens (tertiary/aromatic N) is 2. The zero-order chi connectivity index (χ0) is 15.2. The van der Waals surface area contributed by atoms with Crippen molar-refractivity contribution in [1.82, 2.24) is 9.80 Å². The molecule has 0 aliphatic carbocycles. The maximum atomic E-state index is 5.25. The molecule has 2 aliphatic rings. The van der Waals surface area contributed by atoms with Crippen molar-refractivity contribution in [2.75, 3.05) is 39.4 Å². The Balaban J connectivity index is 0. The zero-order valence-corrected chi connectivity index (χ0v) is 14.7. The highest BCUT2D eigenvalue weighted by molar-refractivity contribution is 4.78. The molecular weight excluding hydrogens is 272 g/mol. The number of hydrogen-bond acceptors (Lipinski definition) is 3. The van der Waals surface area contributed by atoms with Crippen molar-refractivity contribution < 1.29 is 4.74 Å². The topological polar surface area (TPSA) is 15.7 Å². The monoisotopic (exact) mass is 316 g/mol. The van der Waals surface area contributed by atoms with Crippen molar-refractivity contribution >= 4 is 0 Å². The molecule has 2 rings (SSSR count). The summed E-state index contributed by atoms with van der Waals surface area (Å²) in [6.45, 7) is 20.2. The van der Waals surface area contributed by atoms with Gasteiger partial charge in [-0.15, -0.1) is 0 Å². The van der Waals surface area contributed by atoms with Crippen molar-refractivity contribution in [1.29, 1.82) is 0 Å². The van der Waals surface area contributed by atoms with Crippen LogP contribution in [0.1, 0.15) is 75.7 Å². The molecule has 0 aromatic rings. The van der Waals surface area contributed by atoms with Crippen LogP contribution >= 0.6 is 0 Å². The van der Waals surface area contributed by atoms with Crippen LogP contribution in [0.15, 0.2) is 0 Å². The van der Waals surface area contributed by atoms with Gasteiger partial charge in [0.1, 0.15) is 0 Å². The van der Waals surface area contributed by atoms with E-state index in [1.54, 1.807) is 0 Å². The summed E-state index contributed by atoms with van der Waals surface area (Å²) in [5, 5.41) is 0. The summed E-state index contributed by atoms with van der Waals surface area (Å²) in [5.74, 6) is 0. The minimum Gasteiger partial charge on any atom is -0.379 e. The predicted molar refractivity (Wildman–Crippen MR) is 101 cm³/mol. The summed E-state index contributed by atoms with van der Waals surface area (Å²) in [6, 6.07) is 0. The molecule has 22 heavy (non-hydrogen) atoms. The summed E-state index contributed by atoms with van der Waals surface area (Å²) < 4.78 is 5.25. The summed E-state index contributed by atoms with van der Waals surface area (Å²) in [5.41, 5.74) is 0.726. The largest absolute Gasteiger partial charge is 0.379 e. The van der Waals surface area contributed by atoms with E-state index < -0.39 is 0 Å². The van der Waals surface area contributed by atoms with E-state index in [9.17, 15) is 0 Å². The molecule has 3 heteroatoms. The fourth-order valence-corrected chi connectivity index (χ4v) is 2.80. The maximum Gasteiger partial charge on any atom is 0.0594 e. The smallest absolute Gasteiger partial charge is 0.0594 e. The average Bonchev–Trinajstić information content (AvgIpc) is 2.40. The lowest BCUT2D eigenvalue weighted by atomic mass is 10.0. The first-order chi connectivity index (χ1) is 9.21. The Morgan fingerprint density at radius 3 is 1.23 bits per heavy atom. The van der Waals surface area contributed by atoms with Gasteiger partial charge in [0.15, 0.2) is 0 Å². The van der Waals surface area contributed by atoms with Crippen LogP contribution in [-0.2, 0) is 4.74 Å². The molecule has 3 nitrogen and oxygen atoms in total. The van der Waals surface area contributed by atoms with E-state index >= 15 is 0 Å². The van der Waals surface area contributed by atoms with Crippen LogP contribution in [0.5, 0.6) is 0 Å². The first-order valence-electron chi connectivity index (χ1n) is 8.29. The molecule has 2 heterocycles. The molecule has 0 aromatic carbocycles. The lowest BCUT2D eigenvalue weighted by molar-refractivity contribution is -0.00389. The van der Waals surface area contributed by atoms with Crippen LogP contribution in [0.4, 0.5) is 0 Å². The molecule has 136 valence electrons. The molecule has 0 radical (unpaired) electrons. The zero-order valence-electron chi connectivity index (χ0n) is 14.7. The minimum atomic E-state index is 0. The Morgan fingerprint density at radius 2 is 0.955 bits per heavy atom. The molecule has 0 N–H and O–H groups in total. The quantitative estimate of drug-likeness (QED) is 0.646. The number of piperidine rings is 1. The summed E-state index contributed by atoms with van der Waals surface area (Å²) in [6.07, 6.45) is 4.24. The highest BCUT2D eigenvalue weighted by Crippen LogP contribution is 2.19. The standard InChI is InChI=1S/C9H19N.C8H17NO.2CH4/c1-9(2,3)10-7-5-4-6-8-10;1-8(2,3)9-4-6-10-7-5-9;;/h4-8H2,1-3H3;4-7H2,1-3H3;2*1H4. The van der Waals surface area contributed by atoms with Crippen molar-refractivity contribution in [2.24, 2.45) is 0 Å². The Labute approximate surface area is 141 Å². The number of ether oxygens (including phenoxy) is 1. The maximum absolute atomic E-state index is 5.25. The lowest BCUT2D eigenvalue weighted by Crippen LogP contribution is -2.47. The minimum absolute atomic E-state index is 0. The molecule has 0 atom stereocenters. The van der Waals surface area contributed by atoms with Gasteiger partial charge in [0.25, 0.3) is 0 Å². The van der Waals surface area contributed by atoms with Gasteiger partial charge < -0.3 is 4.74 Å². The third kappa shape index (κ3) is 9.12. The van der Waals surface area contributed by atoms with Crippen molar-refractivity contribution in [3.05, 3.63) is 0 Å². The van der Waals surface area contributed by atoms with E-state index in [2.05, 4.69) is 51.3 Å². The van der Waals surface area contributed by atoms with E-state index in [1.165, 1.54) is 32.4 Å². The van der Waals surface area contributed by atoms with Crippen molar-refractivity contribution in [2.45, 2.75) is 86.7 Å². The average molecular weight is 317 g/mol. The lowest BCUT2D eigenvalue weighted by Gasteiger charge is -2.38. The summed E-state index contributed by atoms with van der Waals surface area (Å²) in [7, 11) is 0. The Bertz CT molecular complexity index is 226. The van der Waals surface area contributed by atoms with Crippen LogP contribution in [-0.4, -0.2) is 60.3 Å². The molecular formula is C19H44N2O. The van der Waals surface area contributed by atoms with Gasteiger partial charge in [0.2, 0.25) is 0 Å². The molecule has 0 saturated carbocycles. The molecule has 2 fully saturated rings. The molecule has 0 aromatic heterocycles. The van der Waals surface area contributed by atoms with E-state index in [0.717, 1.165) is 26.3 Å². The molecule has 2 aliphatic heterocycles. The predicted octanol–water partition coefficient (Wildman–Crippen LogP) is 4.66. The van der Waals surface area contributed by atoms with E-state index in [0.29, 0.717) is 11.1 Å².